The molecular formula is C22H27ClN8O6S. The zero-order valence-electron chi connectivity index (χ0n) is 20.9. The fourth-order valence-electron chi connectivity index (χ4n) is 4.55. The summed E-state index contributed by atoms with van der Waals surface area (Å²) in [6, 6.07) is 1.40. The predicted molar refractivity (Wildman–Crippen MR) is 134 cm³/mol. The fraction of sp³-hybridized carbons (Fsp3) is 0.500. The van der Waals surface area contributed by atoms with Crippen LogP contribution in [0.25, 0.3) is 0 Å². The normalized spacial score (nSPS) is 23.2. The molecule has 1 aromatic carbocycles. The van der Waals surface area contributed by atoms with Crippen LogP contribution in [-0.4, -0.2) is 76.6 Å². The van der Waals surface area contributed by atoms with Gasteiger partial charge in [0.15, 0.2) is 12.1 Å². The van der Waals surface area contributed by atoms with Crippen LogP contribution in [0.2, 0.25) is 5.02 Å². The average molecular weight is 567 g/mol. The number of esters is 1. The molecule has 1 aromatic heterocycles. The van der Waals surface area contributed by atoms with Crippen molar-refractivity contribution in [2.24, 2.45) is 5.73 Å². The number of carbonyl (C=O) groups is 4. The third kappa shape index (κ3) is 5.00. The molecule has 0 spiro atoms. The Kier molecular flexibility index (Phi) is 7.54. The Labute approximate surface area is 226 Å². The van der Waals surface area contributed by atoms with Crippen molar-refractivity contribution >= 4 is 47.1 Å². The van der Waals surface area contributed by atoms with Gasteiger partial charge in [0, 0.05) is 11.7 Å². The lowest BCUT2D eigenvalue weighted by Crippen LogP contribution is -2.68. The molecular weight excluding hydrogens is 540 g/mol. The van der Waals surface area contributed by atoms with Gasteiger partial charge in [0.2, 0.25) is 17.7 Å². The van der Waals surface area contributed by atoms with Gasteiger partial charge in [0.25, 0.3) is 0 Å². The van der Waals surface area contributed by atoms with Gasteiger partial charge in [-0.05, 0) is 48.9 Å². The second kappa shape index (κ2) is 10.4. The number of tetrazole rings is 1. The number of hydrogen-bond acceptors (Lipinski definition) is 11. The minimum atomic E-state index is -1.21. The monoisotopic (exact) mass is 566 g/mol. The number of nitrogens with two attached hydrogens (primary N) is 1. The molecule has 204 valence electrons. The maximum atomic E-state index is 13.3. The maximum Gasteiger partial charge on any atom is 0.304 e. The summed E-state index contributed by atoms with van der Waals surface area (Å²) in [5.74, 6) is -1.98. The Hall–Kier alpha value is -3.43. The Balaban J connectivity index is 1.56. The van der Waals surface area contributed by atoms with Crippen LogP contribution in [0.1, 0.15) is 57.4 Å². The first-order chi connectivity index (χ1) is 17.9. The average Bonchev–Trinajstić information content (AvgIpc) is 3.42. The van der Waals surface area contributed by atoms with Crippen molar-refractivity contribution in [3.63, 3.8) is 0 Å². The molecule has 5 N–H and O–H groups in total. The van der Waals surface area contributed by atoms with Crippen molar-refractivity contribution in [3.05, 3.63) is 34.6 Å². The van der Waals surface area contributed by atoms with Crippen LogP contribution in [0.15, 0.2) is 18.2 Å². The quantitative estimate of drug-likeness (QED) is 0.251. The maximum absolute atomic E-state index is 13.3. The summed E-state index contributed by atoms with van der Waals surface area (Å²) in [6.45, 7) is 6.37. The Bertz CT molecular complexity index is 1290. The summed E-state index contributed by atoms with van der Waals surface area (Å²) >= 11 is 7.46. The van der Waals surface area contributed by atoms with E-state index in [9.17, 15) is 24.3 Å². The van der Waals surface area contributed by atoms with Gasteiger partial charge in [0.1, 0.15) is 29.2 Å². The van der Waals surface area contributed by atoms with Crippen molar-refractivity contribution in [2.45, 2.75) is 62.2 Å². The number of phenolic OH excluding ortho intramolecular Hbond substituents is 1. The van der Waals surface area contributed by atoms with Gasteiger partial charge in [0.05, 0.1) is 11.6 Å². The first-order valence-electron chi connectivity index (χ1n) is 11.6. The SMILES string of the molecule is CC(=O)OC(C)n1nnnc1C1N2C(=O)C(NC(=O)C(NC(=O)CN)c3ccc(O)c(Cl)c3)[C@@H]2SC1(C)C. The van der Waals surface area contributed by atoms with E-state index in [2.05, 4.69) is 26.2 Å². The standard InChI is InChI=1S/C22H27ClN8O6S/c1-9(37-10(2)32)31-18(27-28-29-31)17-22(3,4)38-21-16(20(36)30(17)21)26-19(35)15(25-14(34)8-24)11-5-6-13(33)12(23)7-11/h5-7,9,15-17,21,33H,8,24H2,1-4H3,(H,25,34)(H,26,35)/t9?,15?,16?,17?,21-/m0/s1. The molecule has 2 saturated heterocycles. The highest BCUT2D eigenvalue weighted by molar-refractivity contribution is 8.01. The lowest BCUT2D eigenvalue weighted by Gasteiger charge is -2.44. The smallest absolute Gasteiger partial charge is 0.304 e. The summed E-state index contributed by atoms with van der Waals surface area (Å²) < 4.78 is 6.00. The number of carbonyl (C=O) groups excluding carboxylic acids is 4. The van der Waals surface area contributed by atoms with E-state index in [1.165, 1.54) is 41.6 Å². The molecule has 0 radical (unpaired) electrons. The number of β-lactam (4-membered cyclic amide) rings is 1. The molecule has 2 aromatic rings. The van der Waals surface area contributed by atoms with Gasteiger partial charge in [-0.25, -0.2) is 0 Å². The molecule has 5 atom stereocenters. The molecule has 16 heteroatoms. The van der Waals surface area contributed by atoms with Gasteiger partial charge in [-0.1, -0.05) is 17.7 Å². The van der Waals surface area contributed by atoms with Gasteiger partial charge in [-0.3, -0.25) is 19.2 Å². The van der Waals surface area contributed by atoms with Crippen molar-refractivity contribution < 1.29 is 29.0 Å². The Morgan fingerprint density at radius 3 is 2.68 bits per heavy atom. The van der Waals surface area contributed by atoms with E-state index >= 15 is 0 Å². The molecule has 3 amide bonds. The first kappa shape index (κ1) is 27.6. The minimum Gasteiger partial charge on any atom is -0.506 e. The van der Waals surface area contributed by atoms with Crippen LogP contribution in [0, 0.1) is 0 Å². The van der Waals surface area contributed by atoms with E-state index in [0.29, 0.717) is 11.4 Å². The molecule has 2 aliphatic rings. The number of fused-ring (bicyclic) bond motifs is 1. The van der Waals surface area contributed by atoms with Gasteiger partial charge in [-0.15, -0.1) is 16.9 Å². The summed E-state index contributed by atoms with van der Waals surface area (Å²) in [4.78, 5) is 51.7. The van der Waals surface area contributed by atoms with Crippen LogP contribution in [0.3, 0.4) is 0 Å². The molecule has 4 unspecified atom stereocenters. The van der Waals surface area contributed by atoms with E-state index in [-0.39, 0.29) is 23.2 Å². The van der Waals surface area contributed by atoms with Gasteiger partial charge < -0.3 is 31.1 Å². The van der Waals surface area contributed by atoms with E-state index in [4.69, 9.17) is 22.1 Å². The number of aromatic nitrogens is 4. The summed E-state index contributed by atoms with van der Waals surface area (Å²) in [7, 11) is 0. The van der Waals surface area contributed by atoms with Crippen molar-refractivity contribution in [1.82, 2.24) is 35.7 Å². The highest BCUT2D eigenvalue weighted by atomic mass is 35.5. The number of nitrogens with one attached hydrogen (secondary N) is 2. The first-order valence-corrected chi connectivity index (χ1v) is 12.8. The van der Waals surface area contributed by atoms with Crippen molar-refractivity contribution in [1.29, 1.82) is 0 Å². The number of ether oxygens (including phenoxy) is 1. The minimum absolute atomic E-state index is 0.00941. The number of hydrogen-bond donors (Lipinski definition) is 4. The van der Waals surface area contributed by atoms with Crippen LogP contribution < -0.4 is 16.4 Å². The topological polar surface area (TPSA) is 195 Å². The van der Waals surface area contributed by atoms with Crippen LogP contribution in [0.4, 0.5) is 0 Å². The number of rotatable bonds is 8. The number of benzene rings is 1. The number of phenols is 1. The largest absolute Gasteiger partial charge is 0.506 e. The van der Waals surface area contributed by atoms with Crippen LogP contribution in [-0.2, 0) is 23.9 Å². The number of amides is 3. The van der Waals surface area contributed by atoms with Crippen molar-refractivity contribution in [3.8, 4) is 5.75 Å². The summed E-state index contributed by atoms with van der Waals surface area (Å²) in [5.41, 5.74) is 5.71. The molecule has 0 saturated carbocycles. The second-order valence-corrected chi connectivity index (χ2v) is 11.5. The molecule has 2 fully saturated rings. The summed E-state index contributed by atoms with van der Waals surface area (Å²) in [5, 5.41) is 26.3. The highest BCUT2D eigenvalue weighted by Gasteiger charge is 2.63. The summed E-state index contributed by atoms with van der Waals surface area (Å²) in [6.07, 6.45) is -0.798. The molecule has 2 aliphatic heterocycles. The lowest BCUT2D eigenvalue weighted by molar-refractivity contribution is -0.154. The molecule has 14 nitrogen and oxygen atoms in total. The zero-order valence-corrected chi connectivity index (χ0v) is 22.5. The molecule has 0 bridgehead atoms. The van der Waals surface area contributed by atoms with E-state index < -0.39 is 52.3 Å². The predicted octanol–water partition coefficient (Wildman–Crippen LogP) is 0.150. The number of aromatic hydroxyl groups is 1. The molecule has 0 aliphatic carbocycles. The molecule has 3 heterocycles. The van der Waals surface area contributed by atoms with E-state index in [1.54, 1.807) is 11.8 Å². The zero-order chi connectivity index (χ0) is 27.9. The van der Waals surface area contributed by atoms with E-state index in [0.717, 1.165) is 0 Å². The highest BCUT2D eigenvalue weighted by Crippen LogP contribution is 2.57. The van der Waals surface area contributed by atoms with Crippen molar-refractivity contribution in [2.75, 3.05) is 6.54 Å². The third-order valence-electron chi connectivity index (χ3n) is 6.24. The number of halogens is 1. The van der Waals surface area contributed by atoms with E-state index in [1.807, 2.05) is 13.8 Å². The Morgan fingerprint density at radius 1 is 1.34 bits per heavy atom. The molecule has 38 heavy (non-hydrogen) atoms. The van der Waals surface area contributed by atoms with Gasteiger partial charge in [-0.2, -0.15) is 4.68 Å². The van der Waals surface area contributed by atoms with Gasteiger partial charge >= 0.3 is 5.97 Å². The second-order valence-electron chi connectivity index (χ2n) is 9.35. The third-order valence-corrected chi connectivity index (χ3v) is 8.11. The fourth-order valence-corrected chi connectivity index (χ4v) is 6.37. The molecule has 4 rings (SSSR count). The van der Waals surface area contributed by atoms with Crippen LogP contribution in [0.5, 0.6) is 5.75 Å². The lowest BCUT2D eigenvalue weighted by atomic mass is 9.94. The van der Waals surface area contributed by atoms with Crippen LogP contribution >= 0.6 is 23.4 Å². The Morgan fingerprint density at radius 2 is 2.05 bits per heavy atom. The number of nitrogens with zero attached hydrogens (tertiary/aromatic N) is 5. The number of thioether (sulfide) groups is 1.